The molecule has 0 spiro atoms. The summed E-state index contributed by atoms with van der Waals surface area (Å²) >= 11 is 0. The molecule has 0 heterocycles. The maximum Gasteiger partial charge on any atom is 0.416 e. The first-order valence-electron chi connectivity index (χ1n) is 10.3. The molecule has 174 valence electrons. The van der Waals surface area contributed by atoms with Gasteiger partial charge in [-0.2, -0.15) is 13.2 Å². The van der Waals surface area contributed by atoms with E-state index in [1.165, 1.54) is 12.8 Å². The van der Waals surface area contributed by atoms with Gasteiger partial charge < -0.3 is 10.1 Å². The Balaban J connectivity index is 1.43. The summed E-state index contributed by atoms with van der Waals surface area (Å²) in [6.45, 7) is -0.292. The largest absolute Gasteiger partial charge is 0.490 e. The third kappa shape index (κ3) is 6.96. The Labute approximate surface area is 185 Å². The minimum atomic E-state index is -4.66. The zero-order valence-electron chi connectivity index (χ0n) is 17.3. The number of halogens is 3. The van der Waals surface area contributed by atoms with Gasteiger partial charge in [-0.3, -0.25) is 4.79 Å². The molecule has 0 atom stereocenters. The SMILES string of the molecule is O=C(CNS(=O)(=O)c1cccc(C(F)(F)F)c1)NCCc1ccc(OC2CCCC2)cc1. The average Bonchev–Trinajstić information content (AvgIpc) is 3.26. The van der Waals surface area contributed by atoms with Crippen molar-refractivity contribution in [2.45, 2.75) is 49.3 Å². The summed E-state index contributed by atoms with van der Waals surface area (Å²) in [6.07, 6.45) is 0.688. The molecule has 0 aliphatic heterocycles. The number of amides is 1. The van der Waals surface area contributed by atoms with Gasteiger partial charge in [0, 0.05) is 6.54 Å². The molecule has 32 heavy (non-hydrogen) atoms. The molecule has 2 aromatic carbocycles. The average molecular weight is 471 g/mol. The monoisotopic (exact) mass is 470 g/mol. The molecule has 3 rings (SSSR count). The number of alkyl halides is 3. The summed E-state index contributed by atoms with van der Waals surface area (Å²) in [6, 6.07) is 10.9. The Kier molecular flexibility index (Phi) is 7.78. The molecule has 0 unspecified atom stereocenters. The zero-order valence-corrected chi connectivity index (χ0v) is 18.1. The Morgan fingerprint density at radius 3 is 2.41 bits per heavy atom. The number of carbonyl (C=O) groups excluding carboxylic acids is 1. The molecule has 0 bridgehead atoms. The fourth-order valence-corrected chi connectivity index (χ4v) is 4.45. The van der Waals surface area contributed by atoms with Crippen LogP contribution in [0.1, 0.15) is 36.8 Å². The van der Waals surface area contributed by atoms with Gasteiger partial charge >= 0.3 is 6.18 Å². The molecule has 0 aromatic heterocycles. The highest BCUT2D eigenvalue weighted by atomic mass is 32.2. The van der Waals surface area contributed by atoms with E-state index in [1.54, 1.807) is 0 Å². The van der Waals surface area contributed by atoms with Crippen LogP contribution >= 0.6 is 0 Å². The minimum absolute atomic E-state index is 0.278. The van der Waals surface area contributed by atoms with E-state index in [1.807, 2.05) is 29.0 Å². The highest BCUT2D eigenvalue weighted by Crippen LogP contribution is 2.30. The Morgan fingerprint density at radius 2 is 1.75 bits per heavy atom. The Bertz CT molecular complexity index is 1020. The molecule has 2 N–H and O–H groups in total. The zero-order chi connectivity index (χ0) is 23.2. The van der Waals surface area contributed by atoms with Crippen molar-refractivity contribution in [3.8, 4) is 5.75 Å². The van der Waals surface area contributed by atoms with Crippen molar-refractivity contribution in [1.29, 1.82) is 0 Å². The van der Waals surface area contributed by atoms with Crippen LogP contribution in [0.5, 0.6) is 5.75 Å². The molecule has 0 saturated heterocycles. The third-order valence-electron chi connectivity index (χ3n) is 5.16. The van der Waals surface area contributed by atoms with E-state index in [4.69, 9.17) is 4.74 Å². The summed E-state index contributed by atoms with van der Waals surface area (Å²) in [5.74, 6) is 0.232. The second-order valence-corrected chi connectivity index (χ2v) is 9.39. The van der Waals surface area contributed by atoms with Crippen molar-refractivity contribution < 1.29 is 31.1 Å². The van der Waals surface area contributed by atoms with Gasteiger partial charge in [-0.15, -0.1) is 0 Å². The van der Waals surface area contributed by atoms with Gasteiger partial charge in [-0.25, -0.2) is 13.1 Å². The molecule has 6 nitrogen and oxygen atoms in total. The van der Waals surface area contributed by atoms with E-state index in [0.717, 1.165) is 42.4 Å². The number of hydrogen-bond donors (Lipinski definition) is 2. The molecular weight excluding hydrogens is 445 g/mol. The first-order chi connectivity index (χ1) is 15.1. The summed E-state index contributed by atoms with van der Waals surface area (Å²) in [5.41, 5.74) is -0.0990. The Morgan fingerprint density at radius 1 is 1.06 bits per heavy atom. The third-order valence-corrected chi connectivity index (χ3v) is 6.56. The van der Waals surface area contributed by atoms with Crippen LogP contribution in [0.3, 0.4) is 0 Å². The van der Waals surface area contributed by atoms with E-state index in [-0.39, 0.29) is 12.6 Å². The van der Waals surface area contributed by atoms with Crippen LogP contribution in [0.2, 0.25) is 0 Å². The van der Waals surface area contributed by atoms with Gasteiger partial charge in [0.15, 0.2) is 0 Å². The lowest BCUT2D eigenvalue weighted by Crippen LogP contribution is -2.37. The van der Waals surface area contributed by atoms with E-state index < -0.39 is 39.1 Å². The lowest BCUT2D eigenvalue weighted by molar-refractivity contribution is -0.137. The number of nitrogens with one attached hydrogen (secondary N) is 2. The lowest BCUT2D eigenvalue weighted by atomic mass is 10.1. The topological polar surface area (TPSA) is 84.5 Å². The first kappa shape index (κ1) is 24.1. The van der Waals surface area contributed by atoms with E-state index in [9.17, 15) is 26.4 Å². The summed E-state index contributed by atoms with van der Waals surface area (Å²) in [5, 5.41) is 2.59. The van der Waals surface area contributed by atoms with Crippen LogP contribution < -0.4 is 14.8 Å². The highest BCUT2D eigenvalue weighted by Gasteiger charge is 2.31. The Hall–Kier alpha value is -2.59. The van der Waals surface area contributed by atoms with Gasteiger partial charge in [0.1, 0.15) is 5.75 Å². The molecule has 1 fully saturated rings. The molecule has 1 aliphatic rings. The normalized spacial score (nSPS) is 15.0. The number of rotatable bonds is 9. The summed E-state index contributed by atoms with van der Waals surface area (Å²) in [4.78, 5) is 11.4. The predicted molar refractivity (Wildman–Crippen MR) is 113 cm³/mol. The van der Waals surface area contributed by atoms with Crippen molar-refractivity contribution in [3.05, 3.63) is 59.7 Å². The van der Waals surface area contributed by atoms with Crippen molar-refractivity contribution in [2.24, 2.45) is 0 Å². The van der Waals surface area contributed by atoms with Crippen LogP contribution in [0.25, 0.3) is 0 Å². The van der Waals surface area contributed by atoms with E-state index >= 15 is 0 Å². The van der Waals surface area contributed by atoms with Gasteiger partial charge in [0.2, 0.25) is 15.9 Å². The van der Waals surface area contributed by atoms with Gasteiger partial charge in [0.05, 0.1) is 23.1 Å². The summed E-state index contributed by atoms with van der Waals surface area (Å²) < 4.78 is 70.6. The maximum atomic E-state index is 12.8. The predicted octanol–water partition coefficient (Wildman–Crippen LogP) is 3.66. The standard InChI is InChI=1S/C22H25F3N2O4S/c23-22(24,25)17-4-3-7-20(14-17)32(29,30)27-15-21(28)26-13-12-16-8-10-19(11-9-16)31-18-5-1-2-6-18/h3-4,7-11,14,18,27H,1-2,5-6,12-13,15H2,(H,26,28). The molecule has 1 saturated carbocycles. The smallest absolute Gasteiger partial charge is 0.416 e. The second kappa shape index (κ2) is 10.4. The van der Waals surface area contributed by atoms with Crippen molar-refractivity contribution in [3.63, 3.8) is 0 Å². The maximum absolute atomic E-state index is 12.8. The quantitative estimate of drug-likeness (QED) is 0.586. The van der Waals surface area contributed by atoms with Crippen LogP contribution in [0.15, 0.2) is 53.4 Å². The van der Waals surface area contributed by atoms with E-state index in [0.29, 0.717) is 12.5 Å². The van der Waals surface area contributed by atoms with Gasteiger partial charge in [-0.05, 0) is 68.0 Å². The van der Waals surface area contributed by atoms with Gasteiger partial charge in [0.25, 0.3) is 0 Å². The molecule has 1 amide bonds. The fraction of sp³-hybridized carbons (Fsp3) is 0.409. The number of benzene rings is 2. The molecule has 1 aliphatic carbocycles. The van der Waals surface area contributed by atoms with Crippen LogP contribution in [0, 0.1) is 0 Å². The minimum Gasteiger partial charge on any atom is -0.490 e. The fourth-order valence-electron chi connectivity index (χ4n) is 3.43. The van der Waals surface area contributed by atoms with E-state index in [2.05, 4.69) is 5.32 Å². The number of sulfonamides is 1. The van der Waals surface area contributed by atoms with Crippen molar-refractivity contribution >= 4 is 15.9 Å². The van der Waals surface area contributed by atoms with Crippen LogP contribution in [-0.2, 0) is 27.4 Å². The van der Waals surface area contributed by atoms with Gasteiger partial charge in [-0.1, -0.05) is 18.2 Å². The molecule has 2 aromatic rings. The van der Waals surface area contributed by atoms with Crippen molar-refractivity contribution in [2.75, 3.05) is 13.1 Å². The summed E-state index contributed by atoms with van der Waals surface area (Å²) in [7, 11) is -4.25. The first-order valence-corrected chi connectivity index (χ1v) is 11.8. The molecule has 0 radical (unpaired) electrons. The number of hydrogen-bond acceptors (Lipinski definition) is 4. The molecule has 10 heteroatoms. The molecular formula is C22H25F3N2O4S. The number of carbonyl (C=O) groups is 1. The lowest BCUT2D eigenvalue weighted by Gasteiger charge is -2.13. The van der Waals surface area contributed by atoms with Crippen LogP contribution in [0.4, 0.5) is 13.2 Å². The van der Waals surface area contributed by atoms with Crippen LogP contribution in [-0.4, -0.2) is 33.5 Å². The van der Waals surface area contributed by atoms with Crippen molar-refractivity contribution in [1.82, 2.24) is 10.0 Å². The second-order valence-electron chi connectivity index (χ2n) is 7.62. The highest BCUT2D eigenvalue weighted by molar-refractivity contribution is 7.89. The number of ether oxygens (including phenoxy) is 1.